The molecule has 0 radical (unpaired) electrons. The van der Waals surface area contributed by atoms with Crippen LogP contribution in [-0.4, -0.2) is 5.91 Å². The van der Waals surface area contributed by atoms with Gasteiger partial charge in [-0.05, 0) is 52.3 Å². The first-order valence-electron chi connectivity index (χ1n) is 5.21. The van der Waals surface area contributed by atoms with Gasteiger partial charge in [-0.1, -0.05) is 11.6 Å². The molecule has 0 aliphatic carbocycles. The van der Waals surface area contributed by atoms with E-state index in [1.165, 1.54) is 18.2 Å². The molecule has 98 valence electrons. The maximum Gasteiger partial charge on any atom is 0.256 e. The number of carbonyl (C=O) groups excluding carboxylic acids is 1. The SMILES string of the molecule is O=C(Nc1cc(F)cc(Cl)c1)c1cc(S)ccc1Br. The van der Waals surface area contributed by atoms with Crippen LogP contribution in [0.25, 0.3) is 0 Å². The topological polar surface area (TPSA) is 29.1 Å². The number of rotatable bonds is 2. The van der Waals surface area contributed by atoms with Crippen LogP contribution in [0.5, 0.6) is 0 Å². The van der Waals surface area contributed by atoms with E-state index in [4.69, 9.17) is 11.6 Å². The molecule has 0 bridgehead atoms. The summed E-state index contributed by atoms with van der Waals surface area (Å²) in [6.07, 6.45) is 0. The van der Waals surface area contributed by atoms with Crippen molar-refractivity contribution < 1.29 is 9.18 Å². The standard InChI is InChI=1S/C13H8BrClFNOS/c14-12-2-1-10(19)6-11(12)13(18)17-9-4-7(15)3-8(16)5-9/h1-6,19H,(H,17,18). The third-order valence-electron chi connectivity index (χ3n) is 2.31. The molecule has 0 atom stereocenters. The second-order valence-electron chi connectivity index (χ2n) is 3.78. The number of anilines is 1. The Labute approximate surface area is 128 Å². The van der Waals surface area contributed by atoms with Crippen LogP contribution in [0.2, 0.25) is 5.02 Å². The zero-order valence-corrected chi connectivity index (χ0v) is 12.7. The molecule has 2 rings (SSSR count). The van der Waals surface area contributed by atoms with Crippen molar-refractivity contribution in [3.63, 3.8) is 0 Å². The van der Waals surface area contributed by atoms with Crippen LogP contribution in [0.4, 0.5) is 10.1 Å². The summed E-state index contributed by atoms with van der Waals surface area (Å²) in [5.74, 6) is -0.880. The maximum atomic E-state index is 13.2. The quantitative estimate of drug-likeness (QED) is 0.741. The van der Waals surface area contributed by atoms with Gasteiger partial charge < -0.3 is 5.32 Å². The zero-order chi connectivity index (χ0) is 14.0. The smallest absolute Gasteiger partial charge is 0.256 e. The fourth-order valence-electron chi connectivity index (χ4n) is 1.51. The number of benzene rings is 2. The summed E-state index contributed by atoms with van der Waals surface area (Å²) in [4.78, 5) is 12.7. The van der Waals surface area contributed by atoms with Crippen LogP contribution in [0, 0.1) is 5.82 Å². The summed E-state index contributed by atoms with van der Waals surface area (Å²) < 4.78 is 13.8. The lowest BCUT2D eigenvalue weighted by molar-refractivity contribution is 0.102. The monoisotopic (exact) mass is 359 g/mol. The molecule has 0 fully saturated rings. The summed E-state index contributed by atoms with van der Waals surface area (Å²) >= 11 is 13.2. The maximum absolute atomic E-state index is 13.2. The molecule has 0 saturated heterocycles. The molecule has 0 unspecified atom stereocenters. The molecule has 0 aliphatic rings. The third-order valence-corrected chi connectivity index (χ3v) is 3.50. The Kier molecular flexibility index (Phi) is 4.50. The minimum absolute atomic E-state index is 0.220. The van der Waals surface area contributed by atoms with E-state index in [0.29, 0.717) is 20.6 Å². The van der Waals surface area contributed by atoms with Gasteiger partial charge in [0.1, 0.15) is 5.82 Å². The van der Waals surface area contributed by atoms with Crippen LogP contribution in [0.3, 0.4) is 0 Å². The molecule has 0 aliphatic heterocycles. The fourth-order valence-corrected chi connectivity index (χ4v) is 2.36. The van der Waals surface area contributed by atoms with Gasteiger partial charge in [0, 0.05) is 20.1 Å². The molecule has 19 heavy (non-hydrogen) atoms. The van der Waals surface area contributed by atoms with Gasteiger partial charge in [-0.15, -0.1) is 12.6 Å². The molecular formula is C13H8BrClFNOS. The summed E-state index contributed by atoms with van der Waals surface area (Å²) in [7, 11) is 0. The van der Waals surface area contributed by atoms with Gasteiger partial charge >= 0.3 is 0 Å². The number of nitrogens with one attached hydrogen (secondary N) is 1. The summed E-state index contributed by atoms with van der Waals surface area (Å²) in [5, 5.41) is 2.80. The van der Waals surface area contributed by atoms with E-state index < -0.39 is 5.82 Å². The predicted molar refractivity (Wildman–Crippen MR) is 80.8 cm³/mol. The lowest BCUT2D eigenvalue weighted by Crippen LogP contribution is -2.12. The van der Waals surface area contributed by atoms with Crippen molar-refractivity contribution in [1.82, 2.24) is 0 Å². The van der Waals surface area contributed by atoms with Gasteiger partial charge in [-0.3, -0.25) is 4.79 Å². The molecule has 2 nitrogen and oxygen atoms in total. The van der Waals surface area contributed by atoms with Crippen molar-refractivity contribution in [3.05, 3.63) is 57.3 Å². The van der Waals surface area contributed by atoms with Crippen molar-refractivity contribution in [2.45, 2.75) is 4.90 Å². The van der Waals surface area contributed by atoms with E-state index in [9.17, 15) is 9.18 Å². The van der Waals surface area contributed by atoms with Gasteiger partial charge in [-0.25, -0.2) is 4.39 Å². The van der Waals surface area contributed by atoms with E-state index >= 15 is 0 Å². The number of thiol groups is 1. The number of hydrogen-bond acceptors (Lipinski definition) is 2. The Morgan fingerprint density at radius 3 is 2.68 bits per heavy atom. The minimum Gasteiger partial charge on any atom is -0.322 e. The van der Waals surface area contributed by atoms with Gasteiger partial charge in [0.25, 0.3) is 5.91 Å². The molecule has 0 spiro atoms. The van der Waals surface area contributed by atoms with Crippen molar-refractivity contribution in [2.75, 3.05) is 5.32 Å². The average molecular weight is 361 g/mol. The number of hydrogen-bond donors (Lipinski definition) is 2. The summed E-state index contributed by atoms with van der Waals surface area (Å²) in [6, 6.07) is 8.92. The van der Waals surface area contributed by atoms with Crippen molar-refractivity contribution in [2.24, 2.45) is 0 Å². The third kappa shape index (κ3) is 3.72. The highest BCUT2D eigenvalue weighted by Crippen LogP contribution is 2.23. The van der Waals surface area contributed by atoms with E-state index in [1.807, 2.05) is 0 Å². The first-order chi connectivity index (χ1) is 8.95. The zero-order valence-electron chi connectivity index (χ0n) is 9.45. The van der Waals surface area contributed by atoms with E-state index in [2.05, 4.69) is 33.9 Å². The van der Waals surface area contributed by atoms with Crippen LogP contribution in [0.1, 0.15) is 10.4 Å². The predicted octanol–water partition coefficient (Wildman–Crippen LogP) is 4.78. The Balaban J connectivity index is 2.28. The van der Waals surface area contributed by atoms with Gasteiger partial charge in [0.2, 0.25) is 0 Å². The number of halogens is 3. The summed E-state index contributed by atoms with van der Waals surface area (Å²) in [6.45, 7) is 0. The highest BCUT2D eigenvalue weighted by molar-refractivity contribution is 9.10. The molecule has 0 aromatic heterocycles. The number of amides is 1. The molecule has 1 amide bonds. The van der Waals surface area contributed by atoms with Crippen molar-refractivity contribution in [1.29, 1.82) is 0 Å². The van der Waals surface area contributed by atoms with Crippen molar-refractivity contribution >= 4 is 51.8 Å². The second kappa shape index (κ2) is 5.94. The van der Waals surface area contributed by atoms with E-state index in [0.717, 1.165) is 0 Å². The van der Waals surface area contributed by atoms with Gasteiger partial charge in [-0.2, -0.15) is 0 Å². The molecule has 2 aromatic rings. The highest BCUT2D eigenvalue weighted by atomic mass is 79.9. The Morgan fingerprint density at radius 1 is 1.26 bits per heavy atom. The van der Waals surface area contributed by atoms with Gasteiger partial charge in [0.05, 0.1) is 5.56 Å². The minimum atomic E-state index is -0.509. The van der Waals surface area contributed by atoms with E-state index in [1.54, 1.807) is 18.2 Å². The normalized spacial score (nSPS) is 10.3. The Bertz CT molecular complexity index is 630. The Hall–Kier alpha value is -1.04. The molecular weight excluding hydrogens is 353 g/mol. The van der Waals surface area contributed by atoms with Crippen LogP contribution < -0.4 is 5.32 Å². The van der Waals surface area contributed by atoms with E-state index in [-0.39, 0.29) is 10.9 Å². The molecule has 6 heteroatoms. The van der Waals surface area contributed by atoms with Crippen LogP contribution >= 0.6 is 40.2 Å². The van der Waals surface area contributed by atoms with Gasteiger partial charge in [0.15, 0.2) is 0 Å². The largest absolute Gasteiger partial charge is 0.322 e. The molecule has 2 aromatic carbocycles. The first-order valence-corrected chi connectivity index (χ1v) is 6.83. The van der Waals surface area contributed by atoms with Crippen LogP contribution in [-0.2, 0) is 0 Å². The second-order valence-corrected chi connectivity index (χ2v) is 5.58. The van der Waals surface area contributed by atoms with Crippen LogP contribution in [0.15, 0.2) is 45.8 Å². The highest BCUT2D eigenvalue weighted by Gasteiger charge is 2.11. The lowest BCUT2D eigenvalue weighted by Gasteiger charge is -2.08. The average Bonchev–Trinajstić information content (AvgIpc) is 2.30. The number of carbonyl (C=O) groups is 1. The molecule has 0 saturated carbocycles. The molecule has 0 heterocycles. The summed E-state index contributed by atoms with van der Waals surface area (Å²) in [5.41, 5.74) is 0.708. The Morgan fingerprint density at radius 2 is 2.00 bits per heavy atom. The van der Waals surface area contributed by atoms with Crippen molar-refractivity contribution in [3.8, 4) is 0 Å². The first kappa shape index (κ1) is 14.4. The fraction of sp³-hybridized carbons (Fsp3) is 0. The molecule has 1 N–H and O–H groups in total. The lowest BCUT2D eigenvalue weighted by atomic mass is 10.2.